The molecule has 5 aromatic heterocycles. The number of aromatic nitrogens is 5. The van der Waals surface area contributed by atoms with E-state index in [-0.39, 0.29) is 44.3 Å². The van der Waals surface area contributed by atoms with E-state index < -0.39 is 0 Å². The Morgan fingerprint density at radius 3 is 1.21 bits per heavy atom. The van der Waals surface area contributed by atoms with E-state index >= 15 is 0 Å². The van der Waals surface area contributed by atoms with Crippen LogP contribution in [-0.4, -0.2) is 164 Å². The van der Waals surface area contributed by atoms with Crippen LogP contribution in [0, 0.1) is 0 Å². The largest absolute Gasteiger partial charge is 0.472 e. The molecule has 100 heavy (non-hydrogen) atoms. The van der Waals surface area contributed by atoms with Gasteiger partial charge in [-0.25, -0.2) is 25.0 Å². The lowest BCUT2D eigenvalue weighted by atomic mass is 10.1. The molecular weight excluding hydrogens is 1270 g/mol. The predicted molar refractivity (Wildman–Crippen MR) is 412 cm³/mol. The van der Waals surface area contributed by atoms with Gasteiger partial charge in [0.15, 0.2) is 0 Å². The molecule has 14 rings (SSSR count). The molecule has 0 saturated heterocycles. The third-order valence-corrected chi connectivity index (χ3v) is 14.4. The van der Waals surface area contributed by atoms with Crippen molar-refractivity contribution >= 4 is 79.1 Å². The molecule has 5 aromatic carbocycles. The number of hydrogen-bond acceptors (Lipinski definition) is 19. The molecular formula is C80H86N14O5S. The van der Waals surface area contributed by atoms with Crippen molar-refractivity contribution in [2.45, 2.75) is 50.9 Å². The highest BCUT2D eigenvalue weighted by Crippen LogP contribution is 2.20. The van der Waals surface area contributed by atoms with E-state index in [1.165, 1.54) is 22.3 Å². The van der Waals surface area contributed by atoms with Crippen molar-refractivity contribution in [3.63, 3.8) is 0 Å². The number of pyridine rings is 5. The van der Waals surface area contributed by atoms with Gasteiger partial charge in [0.1, 0.15) is 26.4 Å². The summed E-state index contributed by atoms with van der Waals surface area (Å²) in [5.41, 5.74) is 10.4. The summed E-state index contributed by atoms with van der Waals surface area (Å²) in [6.07, 6.45) is 17.5. The van der Waals surface area contributed by atoms with Crippen molar-refractivity contribution in [3.05, 3.63) is 306 Å². The van der Waals surface area contributed by atoms with E-state index in [1.807, 2.05) is 182 Å². The van der Waals surface area contributed by atoms with Crippen LogP contribution in [0.1, 0.15) is 76.7 Å². The van der Waals surface area contributed by atoms with Crippen molar-refractivity contribution < 1.29 is 24.1 Å². The zero-order chi connectivity index (χ0) is 69.0. The molecule has 20 heteroatoms. The molecule has 0 aliphatic carbocycles. The van der Waals surface area contributed by atoms with Crippen LogP contribution in [0.3, 0.4) is 0 Å². The number of aliphatic imine (C=N–C) groups is 9. The maximum absolute atomic E-state index is 8.41. The average molecular weight is 1360 g/mol. The van der Waals surface area contributed by atoms with Gasteiger partial charge in [0.25, 0.3) is 23.6 Å². The fourth-order valence-corrected chi connectivity index (χ4v) is 9.43. The van der Waals surface area contributed by atoms with Gasteiger partial charge < -0.3 is 24.1 Å². The molecule has 0 amide bonds. The summed E-state index contributed by atoms with van der Waals surface area (Å²) >= 11 is 0. The lowest BCUT2D eigenvalue weighted by Crippen LogP contribution is -2.14. The summed E-state index contributed by atoms with van der Waals surface area (Å²) in [4.78, 5) is 58.9. The number of fused-ring (bicyclic) bond motifs is 1. The molecule has 10 aromatic rings. The number of rotatable bonds is 17. The van der Waals surface area contributed by atoms with Crippen LogP contribution in [0.5, 0.6) is 0 Å². The summed E-state index contributed by atoms with van der Waals surface area (Å²) in [6, 6.07) is 76.8. The van der Waals surface area contributed by atoms with E-state index in [0.717, 1.165) is 65.3 Å². The highest BCUT2D eigenvalue weighted by Gasteiger charge is 2.29. The van der Waals surface area contributed by atoms with Crippen molar-refractivity contribution in [2.24, 2.45) is 44.9 Å². The lowest BCUT2D eigenvalue weighted by molar-refractivity contribution is 0.293. The Morgan fingerprint density at radius 1 is 0.420 bits per heavy atom. The first kappa shape index (κ1) is 76.0. The third kappa shape index (κ3) is 28.4. The number of hydrogen-bond donors (Lipinski definition) is 1. The average Bonchev–Trinajstić information content (AvgIpc) is 1.59. The smallest absolute Gasteiger partial charge is 0.273 e. The first-order valence-electron chi connectivity index (χ1n) is 32.8. The summed E-state index contributed by atoms with van der Waals surface area (Å²) in [5, 5.41) is 9.57. The van der Waals surface area contributed by atoms with Crippen LogP contribution >= 0.6 is 13.5 Å². The van der Waals surface area contributed by atoms with Gasteiger partial charge >= 0.3 is 0 Å². The van der Waals surface area contributed by atoms with Crippen molar-refractivity contribution in [3.8, 4) is 0 Å². The molecule has 0 bridgehead atoms. The van der Waals surface area contributed by atoms with Crippen LogP contribution in [-0.2, 0) is 31.8 Å². The fraction of sp³-hybridized carbons (Fsp3) is 0.225. The monoisotopic (exact) mass is 1350 g/mol. The molecule has 9 heterocycles. The third-order valence-electron chi connectivity index (χ3n) is 14.4. The number of aliphatic hydroxyl groups excluding tert-OH is 1. The Bertz CT molecular complexity index is 4000. The molecule has 0 radical (unpaired) electrons. The Labute approximate surface area is 593 Å². The summed E-state index contributed by atoms with van der Waals surface area (Å²) in [7, 11) is 3.48. The minimum atomic E-state index is 0. The summed E-state index contributed by atoms with van der Waals surface area (Å²) < 4.78 is 21.7. The SMILES string of the molecule is C1COC(C2=NCCO2)=N1.CC(N=Cc1ccccn1)c1ccccc1.CC(N=Cc1ccccn1)c1ccccc1.CN=Cc1ccc2ccccc2n1.CN=Cc1ccccn1.OCCN=Cc1ccccn1.S.c1ccc(CC2COC(C3=NC(Cc4ccccc4)CO3)=N2)cc1. The Hall–Kier alpha value is -11.4. The van der Waals surface area contributed by atoms with Crippen molar-refractivity contribution in [2.75, 3.05) is 66.8 Å². The molecule has 4 unspecified atom stereocenters. The molecule has 0 saturated carbocycles. The summed E-state index contributed by atoms with van der Waals surface area (Å²) in [5.74, 6) is 2.29. The molecule has 4 aliphatic rings. The first-order valence-corrected chi connectivity index (χ1v) is 32.8. The van der Waals surface area contributed by atoms with Gasteiger partial charge in [-0.15, -0.1) is 0 Å². The van der Waals surface area contributed by atoms with Crippen LogP contribution < -0.4 is 0 Å². The maximum Gasteiger partial charge on any atom is 0.273 e. The molecule has 0 spiro atoms. The van der Waals surface area contributed by atoms with Crippen LogP contribution in [0.25, 0.3) is 10.9 Å². The maximum atomic E-state index is 8.41. The number of nitrogens with zero attached hydrogens (tertiary/aromatic N) is 14. The molecule has 4 aliphatic heterocycles. The van der Waals surface area contributed by atoms with Gasteiger partial charge in [-0.1, -0.05) is 170 Å². The molecule has 4 atom stereocenters. The van der Waals surface area contributed by atoms with Crippen molar-refractivity contribution in [1.82, 2.24) is 24.9 Å². The number of ether oxygens (including phenoxy) is 4. The van der Waals surface area contributed by atoms with E-state index in [1.54, 1.807) is 57.5 Å². The Kier molecular flexibility index (Phi) is 34.4. The van der Waals surface area contributed by atoms with E-state index in [9.17, 15) is 0 Å². The second-order valence-corrected chi connectivity index (χ2v) is 22.0. The minimum Gasteiger partial charge on any atom is -0.472 e. The molecule has 19 nitrogen and oxygen atoms in total. The first-order chi connectivity index (χ1) is 48.8. The highest BCUT2D eigenvalue weighted by atomic mass is 32.1. The van der Waals surface area contributed by atoms with Gasteiger partial charge in [-0.2, -0.15) is 13.5 Å². The number of benzene rings is 5. The van der Waals surface area contributed by atoms with Gasteiger partial charge in [0, 0.05) is 75.3 Å². The van der Waals surface area contributed by atoms with E-state index in [0.29, 0.717) is 56.6 Å². The fourth-order valence-electron chi connectivity index (χ4n) is 9.43. The van der Waals surface area contributed by atoms with Crippen molar-refractivity contribution in [1.29, 1.82) is 0 Å². The molecule has 512 valence electrons. The predicted octanol–water partition coefficient (Wildman–Crippen LogP) is 13.5. The Morgan fingerprint density at radius 2 is 0.810 bits per heavy atom. The number of para-hydroxylation sites is 1. The van der Waals surface area contributed by atoms with E-state index in [2.05, 4.69) is 144 Å². The normalized spacial score (nSPS) is 15.4. The quantitative estimate of drug-likeness (QED) is 0.0847. The van der Waals surface area contributed by atoms with Gasteiger partial charge in [0.2, 0.25) is 0 Å². The van der Waals surface area contributed by atoms with Crippen LogP contribution in [0.4, 0.5) is 0 Å². The van der Waals surface area contributed by atoms with Crippen LogP contribution in [0.2, 0.25) is 0 Å². The standard InChI is InChI=1S/C20H20N2O2.2C14H14N2.C11H10N2.C8H10N2O.C7H8N2.C6H8N2O2.H2S/c1-3-7-15(8-4-1)11-17-13-23-19(21-17)20-22-18(14-24-20)12-16-9-5-2-6-10-16;2*1-12(13-7-3-2-4-8-13)16-11-14-9-5-6-10-15-14;1-12-8-10-7-6-9-4-2-3-5-11(9)13-10;11-6-5-9-7-8-3-1-2-4-10-8;1-8-6-7-4-2-3-5-9-7;1-3-9-5(7-1)6-8-2-4-10-6;/h1-10,17-18H,11-14H2;2*2-12H,1H3;2-8H,1H3;1-4,7,11H,5-6H2;2-6H,1H3;1-4H2;1H2. The zero-order valence-corrected chi connectivity index (χ0v) is 57.9. The zero-order valence-electron chi connectivity index (χ0n) is 56.9. The Balaban J connectivity index is 0.000000168. The van der Waals surface area contributed by atoms with E-state index in [4.69, 9.17) is 24.1 Å². The summed E-state index contributed by atoms with van der Waals surface area (Å²) in [6.45, 7) is 8.67. The van der Waals surface area contributed by atoms with Gasteiger partial charge in [0.05, 0.1) is 84.4 Å². The molecule has 0 fully saturated rings. The lowest BCUT2D eigenvalue weighted by Gasteiger charge is -2.05. The van der Waals surface area contributed by atoms with Gasteiger partial charge in [-0.05, 0) is 110 Å². The second kappa shape index (κ2) is 45.2. The topological polar surface area (TPSA) is 233 Å². The minimum absolute atomic E-state index is 0. The highest BCUT2D eigenvalue weighted by molar-refractivity contribution is 7.59. The number of aliphatic hydroxyl groups is 1. The van der Waals surface area contributed by atoms with Gasteiger partial charge in [-0.3, -0.25) is 44.9 Å². The second-order valence-electron chi connectivity index (χ2n) is 22.0. The van der Waals surface area contributed by atoms with Crippen LogP contribution in [0.15, 0.2) is 300 Å². The molecule has 1 N–H and O–H groups in total.